The molecule has 1 aromatic heterocycles. The van der Waals surface area contributed by atoms with Gasteiger partial charge in [0.2, 0.25) is 0 Å². The maximum absolute atomic E-state index is 11.8. The number of rotatable bonds is 6. The number of benzene rings is 1. The van der Waals surface area contributed by atoms with E-state index in [1.54, 1.807) is 11.3 Å². The van der Waals surface area contributed by atoms with E-state index in [4.69, 9.17) is 0 Å². The van der Waals surface area contributed by atoms with Crippen LogP contribution in [0.3, 0.4) is 0 Å². The number of hydrogen-bond donors (Lipinski definition) is 3. The molecule has 0 saturated heterocycles. The average molecular weight is 304 g/mol. The summed E-state index contributed by atoms with van der Waals surface area (Å²) in [6.45, 7) is 0.382. The van der Waals surface area contributed by atoms with Crippen molar-refractivity contribution in [2.45, 2.75) is 19.0 Å². The van der Waals surface area contributed by atoms with Crippen LogP contribution >= 0.6 is 11.3 Å². The smallest absolute Gasteiger partial charge is 0.326 e. The summed E-state index contributed by atoms with van der Waals surface area (Å²) in [5.41, 5.74) is 1.85. The van der Waals surface area contributed by atoms with Crippen molar-refractivity contribution >= 4 is 23.3 Å². The molecule has 110 valence electrons. The molecule has 0 unspecified atom stereocenters. The number of carboxylic acids is 1. The fourth-order valence-electron chi connectivity index (χ4n) is 1.83. The average Bonchev–Trinajstić information content (AvgIpc) is 2.99. The molecule has 2 rings (SSSR count). The summed E-state index contributed by atoms with van der Waals surface area (Å²) in [6, 6.07) is 9.68. The number of amides is 2. The molecule has 0 aliphatic carbocycles. The molecule has 0 spiro atoms. The minimum Gasteiger partial charge on any atom is -0.480 e. The van der Waals surface area contributed by atoms with Crippen molar-refractivity contribution < 1.29 is 14.7 Å². The SMILES string of the molecule is O=C(NCc1ccsc1)N[C@@H](Cc1ccccc1)C(=O)O. The maximum atomic E-state index is 11.8. The highest BCUT2D eigenvalue weighted by atomic mass is 32.1. The number of carbonyl (C=O) groups excluding carboxylic acids is 1. The molecule has 1 atom stereocenters. The fraction of sp³-hybridized carbons (Fsp3) is 0.200. The van der Waals surface area contributed by atoms with Crippen LogP contribution in [0.5, 0.6) is 0 Å². The van der Waals surface area contributed by atoms with E-state index in [1.165, 1.54) is 0 Å². The lowest BCUT2D eigenvalue weighted by Crippen LogP contribution is -2.46. The van der Waals surface area contributed by atoms with E-state index in [0.717, 1.165) is 11.1 Å². The van der Waals surface area contributed by atoms with Crippen LogP contribution in [-0.2, 0) is 17.8 Å². The number of nitrogens with one attached hydrogen (secondary N) is 2. The Morgan fingerprint density at radius 3 is 2.52 bits per heavy atom. The van der Waals surface area contributed by atoms with Gasteiger partial charge in [-0.05, 0) is 28.0 Å². The van der Waals surface area contributed by atoms with Gasteiger partial charge in [-0.2, -0.15) is 11.3 Å². The molecule has 1 aromatic carbocycles. The summed E-state index contributed by atoms with van der Waals surface area (Å²) in [7, 11) is 0. The Morgan fingerprint density at radius 2 is 1.90 bits per heavy atom. The quantitative estimate of drug-likeness (QED) is 0.766. The predicted octanol–water partition coefficient (Wildman–Crippen LogP) is 2.24. The maximum Gasteiger partial charge on any atom is 0.326 e. The van der Waals surface area contributed by atoms with Crippen LogP contribution in [-0.4, -0.2) is 23.1 Å². The molecule has 0 radical (unpaired) electrons. The lowest BCUT2D eigenvalue weighted by Gasteiger charge is -2.15. The number of aliphatic carboxylic acids is 1. The molecule has 5 nitrogen and oxygen atoms in total. The summed E-state index contributed by atoms with van der Waals surface area (Å²) in [4.78, 5) is 23.0. The molecule has 0 aliphatic rings. The van der Waals surface area contributed by atoms with Gasteiger partial charge in [0.15, 0.2) is 0 Å². The summed E-state index contributed by atoms with van der Waals surface area (Å²) >= 11 is 1.55. The van der Waals surface area contributed by atoms with Crippen molar-refractivity contribution in [2.75, 3.05) is 0 Å². The first-order valence-corrected chi connectivity index (χ1v) is 7.41. The van der Waals surface area contributed by atoms with Crippen molar-refractivity contribution in [3.05, 3.63) is 58.3 Å². The number of urea groups is 1. The van der Waals surface area contributed by atoms with Gasteiger partial charge in [-0.1, -0.05) is 30.3 Å². The lowest BCUT2D eigenvalue weighted by molar-refractivity contribution is -0.139. The highest BCUT2D eigenvalue weighted by Gasteiger charge is 2.20. The summed E-state index contributed by atoms with van der Waals surface area (Å²) in [5, 5.41) is 18.2. The van der Waals surface area contributed by atoms with Gasteiger partial charge >= 0.3 is 12.0 Å². The van der Waals surface area contributed by atoms with Crippen molar-refractivity contribution in [3.63, 3.8) is 0 Å². The van der Waals surface area contributed by atoms with Crippen LogP contribution in [0.1, 0.15) is 11.1 Å². The minimum atomic E-state index is -1.05. The molecule has 0 fully saturated rings. The second-order valence-electron chi connectivity index (χ2n) is 4.54. The zero-order valence-electron chi connectivity index (χ0n) is 11.3. The number of thiophene rings is 1. The third-order valence-corrected chi connectivity index (χ3v) is 3.65. The molecule has 2 aromatic rings. The normalized spacial score (nSPS) is 11.6. The first kappa shape index (κ1) is 15.1. The van der Waals surface area contributed by atoms with Crippen LogP contribution in [0.25, 0.3) is 0 Å². The van der Waals surface area contributed by atoms with Crippen LogP contribution in [0.2, 0.25) is 0 Å². The number of hydrogen-bond acceptors (Lipinski definition) is 3. The van der Waals surface area contributed by atoms with E-state index >= 15 is 0 Å². The topological polar surface area (TPSA) is 78.4 Å². The van der Waals surface area contributed by atoms with Gasteiger partial charge in [0.25, 0.3) is 0 Å². The van der Waals surface area contributed by atoms with Gasteiger partial charge in [-0.25, -0.2) is 9.59 Å². The van der Waals surface area contributed by atoms with Gasteiger partial charge in [0, 0.05) is 13.0 Å². The zero-order chi connectivity index (χ0) is 15.1. The summed E-state index contributed by atoms with van der Waals surface area (Å²) < 4.78 is 0. The Balaban J connectivity index is 1.87. The lowest BCUT2D eigenvalue weighted by atomic mass is 10.1. The second kappa shape index (κ2) is 7.44. The van der Waals surface area contributed by atoms with E-state index in [2.05, 4.69) is 10.6 Å². The highest BCUT2D eigenvalue weighted by molar-refractivity contribution is 7.07. The highest BCUT2D eigenvalue weighted by Crippen LogP contribution is 2.05. The van der Waals surface area contributed by atoms with Crippen molar-refractivity contribution in [1.82, 2.24) is 10.6 Å². The first-order valence-electron chi connectivity index (χ1n) is 6.47. The molecule has 21 heavy (non-hydrogen) atoms. The second-order valence-corrected chi connectivity index (χ2v) is 5.32. The molecular weight excluding hydrogens is 288 g/mol. The Bertz CT molecular complexity index is 584. The van der Waals surface area contributed by atoms with Crippen molar-refractivity contribution in [1.29, 1.82) is 0 Å². The van der Waals surface area contributed by atoms with Crippen LogP contribution < -0.4 is 10.6 Å². The molecule has 0 saturated carbocycles. The Hall–Kier alpha value is -2.34. The molecular formula is C15H16N2O3S. The molecule has 2 amide bonds. The fourth-order valence-corrected chi connectivity index (χ4v) is 2.50. The van der Waals surface area contributed by atoms with E-state index in [1.807, 2.05) is 47.2 Å². The van der Waals surface area contributed by atoms with Gasteiger partial charge < -0.3 is 15.7 Å². The van der Waals surface area contributed by atoms with Gasteiger partial charge in [0.05, 0.1) is 0 Å². The molecule has 6 heteroatoms. The summed E-state index contributed by atoms with van der Waals surface area (Å²) in [6.07, 6.45) is 0.252. The standard InChI is InChI=1S/C15H16N2O3S/c18-14(19)13(8-11-4-2-1-3-5-11)17-15(20)16-9-12-6-7-21-10-12/h1-7,10,13H,8-9H2,(H,18,19)(H2,16,17,20)/t13-/m0/s1. The minimum absolute atomic E-state index is 0.252. The predicted molar refractivity (Wildman–Crippen MR) is 81.3 cm³/mol. The number of carboxylic acid groups (broad SMARTS) is 1. The van der Waals surface area contributed by atoms with Gasteiger partial charge in [0.1, 0.15) is 6.04 Å². The van der Waals surface area contributed by atoms with Crippen molar-refractivity contribution in [2.24, 2.45) is 0 Å². The third kappa shape index (κ3) is 4.92. The monoisotopic (exact) mass is 304 g/mol. The van der Waals surface area contributed by atoms with E-state index in [9.17, 15) is 14.7 Å². The van der Waals surface area contributed by atoms with Gasteiger partial charge in [-0.3, -0.25) is 0 Å². The van der Waals surface area contributed by atoms with Gasteiger partial charge in [-0.15, -0.1) is 0 Å². The molecule has 3 N–H and O–H groups in total. The first-order chi connectivity index (χ1) is 10.1. The van der Waals surface area contributed by atoms with Crippen LogP contribution in [0.4, 0.5) is 4.79 Å². The molecule has 1 heterocycles. The molecule has 0 bridgehead atoms. The Labute approximate surface area is 126 Å². The third-order valence-electron chi connectivity index (χ3n) is 2.92. The van der Waals surface area contributed by atoms with Crippen molar-refractivity contribution in [3.8, 4) is 0 Å². The number of carbonyl (C=O) groups is 2. The molecule has 0 aliphatic heterocycles. The Morgan fingerprint density at radius 1 is 1.14 bits per heavy atom. The van der Waals surface area contributed by atoms with E-state index < -0.39 is 18.0 Å². The van der Waals surface area contributed by atoms with Crippen LogP contribution in [0.15, 0.2) is 47.2 Å². The Kier molecular flexibility index (Phi) is 5.34. The largest absolute Gasteiger partial charge is 0.480 e. The summed E-state index contributed by atoms with van der Waals surface area (Å²) in [5.74, 6) is -1.05. The van der Waals surface area contributed by atoms with E-state index in [-0.39, 0.29) is 6.42 Å². The van der Waals surface area contributed by atoms with E-state index in [0.29, 0.717) is 6.54 Å². The van der Waals surface area contributed by atoms with Crippen LogP contribution in [0, 0.1) is 0 Å². The zero-order valence-corrected chi connectivity index (χ0v) is 12.1.